The molecule has 1 aliphatic heterocycles. The van der Waals surface area contributed by atoms with Gasteiger partial charge < -0.3 is 5.73 Å². The van der Waals surface area contributed by atoms with Gasteiger partial charge in [0.25, 0.3) is 0 Å². The number of alkyl halides is 1. The molecule has 0 spiro atoms. The molecule has 62 valence electrons. The molecule has 0 aromatic rings. The minimum Gasteiger partial charge on any atom is -0.351 e. The number of halogens is 1. The van der Waals surface area contributed by atoms with Crippen LogP contribution in [0.25, 0.3) is 0 Å². The van der Waals surface area contributed by atoms with Gasteiger partial charge in [0.05, 0.1) is 12.0 Å². The number of rotatable bonds is 1. The second kappa shape index (κ2) is 2.37. The number of β-lactam (4-membered cyclic amide) rings is 1. The summed E-state index contributed by atoms with van der Waals surface area (Å²) >= 11 is 5.55. The molecule has 5 heteroatoms. The van der Waals surface area contributed by atoms with Crippen LogP contribution in [0.3, 0.4) is 0 Å². The van der Waals surface area contributed by atoms with Crippen LogP contribution < -0.4 is 5.73 Å². The van der Waals surface area contributed by atoms with E-state index in [-0.39, 0.29) is 11.8 Å². The van der Waals surface area contributed by atoms with E-state index in [4.69, 9.17) is 17.3 Å². The standard InChI is InChI=1S/C6H9ClN2O2/c1-6(3-7)2-4(10)9(6)5(8)11/h2-3H2,1H3,(H2,8,11). The number of likely N-dealkylation sites (tertiary alicyclic amines) is 1. The normalized spacial score (nSPS) is 30.0. The summed E-state index contributed by atoms with van der Waals surface area (Å²) in [5, 5.41) is 0. The van der Waals surface area contributed by atoms with E-state index < -0.39 is 11.6 Å². The van der Waals surface area contributed by atoms with Gasteiger partial charge in [-0.15, -0.1) is 11.6 Å². The third-order valence-electron chi connectivity index (χ3n) is 1.83. The van der Waals surface area contributed by atoms with Crippen molar-refractivity contribution >= 4 is 23.5 Å². The lowest BCUT2D eigenvalue weighted by molar-refractivity contribution is -0.146. The summed E-state index contributed by atoms with van der Waals surface area (Å²) in [5.74, 6) is -0.0116. The van der Waals surface area contributed by atoms with Crippen LogP contribution in [0.15, 0.2) is 0 Å². The molecule has 0 aliphatic carbocycles. The number of carbonyl (C=O) groups excluding carboxylic acids is 2. The Morgan fingerprint density at radius 3 is 2.64 bits per heavy atom. The SMILES string of the molecule is CC1(CCl)CC(=O)N1C(N)=O. The summed E-state index contributed by atoms with van der Waals surface area (Å²) in [6.07, 6.45) is 0.305. The molecule has 0 aromatic carbocycles. The van der Waals surface area contributed by atoms with Crippen molar-refractivity contribution in [3.05, 3.63) is 0 Å². The fourth-order valence-corrected chi connectivity index (χ4v) is 1.40. The molecule has 3 amide bonds. The molecule has 1 heterocycles. The Hall–Kier alpha value is -0.770. The van der Waals surface area contributed by atoms with Crippen molar-refractivity contribution in [2.45, 2.75) is 18.9 Å². The van der Waals surface area contributed by atoms with E-state index in [1.54, 1.807) is 6.92 Å². The van der Waals surface area contributed by atoms with E-state index >= 15 is 0 Å². The topological polar surface area (TPSA) is 63.4 Å². The van der Waals surface area contributed by atoms with Gasteiger partial charge in [-0.3, -0.25) is 9.69 Å². The van der Waals surface area contributed by atoms with Crippen molar-refractivity contribution in [2.24, 2.45) is 5.73 Å². The highest BCUT2D eigenvalue weighted by molar-refractivity contribution is 6.20. The number of imide groups is 1. The maximum Gasteiger partial charge on any atom is 0.322 e. The van der Waals surface area contributed by atoms with Crippen LogP contribution in [0.4, 0.5) is 4.79 Å². The van der Waals surface area contributed by atoms with Gasteiger partial charge in [0, 0.05) is 5.88 Å². The molecule has 4 nitrogen and oxygen atoms in total. The lowest BCUT2D eigenvalue weighted by Crippen LogP contribution is -2.66. The number of urea groups is 1. The highest BCUT2D eigenvalue weighted by Crippen LogP contribution is 2.31. The molecule has 2 N–H and O–H groups in total. The van der Waals surface area contributed by atoms with E-state index in [2.05, 4.69) is 0 Å². The van der Waals surface area contributed by atoms with E-state index in [0.717, 1.165) is 4.90 Å². The first-order valence-corrected chi connectivity index (χ1v) is 3.73. The minimum atomic E-state index is -0.718. The Morgan fingerprint density at radius 2 is 2.45 bits per heavy atom. The van der Waals surface area contributed by atoms with Crippen molar-refractivity contribution in [1.29, 1.82) is 0 Å². The zero-order valence-electron chi connectivity index (χ0n) is 6.13. The number of hydrogen-bond donors (Lipinski definition) is 1. The summed E-state index contributed by atoms with van der Waals surface area (Å²) in [7, 11) is 0. The summed E-state index contributed by atoms with van der Waals surface area (Å²) < 4.78 is 0. The first-order chi connectivity index (χ1) is 5.01. The minimum absolute atomic E-state index is 0.238. The van der Waals surface area contributed by atoms with Crippen LogP contribution >= 0.6 is 11.6 Å². The molecular weight excluding hydrogens is 168 g/mol. The lowest BCUT2D eigenvalue weighted by atomic mass is 9.88. The van der Waals surface area contributed by atoms with Crippen molar-refractivity contribution in [2.75, 3.05) is 5.88 Å². The van der Waals surface area contributed by atoms with Crippen molar-refractivity contribution in [3.8, 4) is 0 Å². The van der Waals surface area contributed by atoms with Crippen molar-refractivity contribution < 1.29 is 9.59 Å². The monoisotopic (exact) mass is 176 g/mol. The number of primary amides is 1. The van der Waals surface area contributed by atoms with E-state index in [0.29, 0.717) is 6.42 Å². The van der Waals surface area contributed by atoms with Crippen LogP contribution in [0.2, 0.25) is 0 Å². The summed E-state index contributed by atoms with van der Waals surface area (Å²) in [4.78, 5) is 22.4. The molecule has 0 radical (unpaired) electrons. The van der Waals surface area contributed by atoms with Crippen LogP contribution in [-0.2, 0) is 4.79 Å². The Morgan fingerprint density at radius 1 is 1.91 bits per heavy atom. The number of nitrogens with two attached hydrogens (primary N) is 1. The highest BCUT2D eigenvalue weighted by atomic mass is 35.5. The fourth-order valence-electron chi connectivity index (χ4n) is 1.19. The summed E-state index contributed by atoms with van der Waals surface area (Å²) in [5.41, 5.74) is 4.40. The highest BCUT2D eigenvalue weighted by Gasteiger charge is 2.49. The fraction of sp³-hybridized carbons (Fsp3) is 0.667. The smallest absolute Gasteiger partial charge is 0.322 e. The molecule has 1 atom stereocenters. The van der Waals surface area contributed by atoms with Gasteiger partial charge in [0.15, 0.2) is 0 Å². The number of nitrogens with zero attached hydrogens (tertiary/aromatic N) is 1. The first-order valence-electron chi connectivity index (χ1n) is 3.20. The molecule has 11 heavy (non-hydrogen) atoms. The number of hydrogen-bond acceptors (Lipinski definition) is 2. The Kier molecular flexibility index (Phi) is 1.80. The second-order valence-electron chi connectivity index (χ2n) is 2.87. The van der Waals surface area contributed by atoms with Gasteiger partial charge >= 0.3 is 6.03 Å². The van der Waals surface area contributed by atoms with Gasteiger partial charge in [-0.1, -0.05) is 0 Å². The molecule has 1 saturated heterocycles. The summed E-state index contributed by atoms with van der Waals surface area (Å²) in [6.45, 7) is 1.73. The van der Waals surface area contributed by atoms with Crippen LogP contribution in [0.1, 0.15) is 13.3 Å². The summed E-state index contributed by atoms with van der Waals surface area (Å²) in [6, 6.07) is -0.718. The van der Waals surface area contributed by atoms with Gasteiger partial charge in [0.1, 0.15) is 0 Å². The number of amides is 3. The average molecular weight is 177 g/mol. The maximum atomic E-state index is 10.8. The van der Waals surface area contributed by atoms with Crippen LogP contribution in [0.5, 0.6) is 0 Å². The second-order valence-corrected chi connectivity index (χ2v) is 3.14. The molecular formula is C6H9ClN2O2. The van der Waals surface area contributed by atoms with E-state index in [1.165, 1.54) is 0 Å². The van der Waals surface area contributed by atoms with Crippen LogP contribution in [0, 0.1) is 0 Å². The Labute approximate surface area is 69.3 Å². The van der Waals surface area contributed by atoms with Crippen molar-refractivity contribution in [3.63, 3.8) is 0 Å². The van der Waals surface area contributed by atoms with Crippen molar-refractivity contribution in [1.82, 2.24) is 4.90 Å². The van der Waals surface area contributed by atoms with E-state index in [9.17, 15) is 9.59 Å². The molecule has 0 bridgehead atoms. The molecule has 1 aliphatic rings. The van der Waals surface area contributed by atoms with Gasteiger partial charge in [0.2, 0.25) is 5.91 Å². The predicted molar refractivity (Wildman–Crippen MR) is 40.2 cm³/mol. The molecule has 1 fully saturated rings. The third kappa shape index (κ3) is 1.07. The first kappa shape index (κ1) is 8.33. The zero-order chi connectivity index (χ0) is 8.65. The van der Waals surface area contributed by atoms with Crippen LogP contribution in [-0.4, -0.2) is 28.3 Å². The van der Waals surface area contributed by atoms with Gasteiger partial charge in [-0.25, -0.2) is 4.79 Å². The lowest BCUT2D eigenvalue weighted by Gasteiger charge is -2.45. The molecule has 0 aromatic heterocycles. The Bertz CT molecular complexity index is 211. The quantitative estimate of drug-likeness (QED) is 0.461. The predicted octanol–water partition coefficient (Wildman–Crippen LogP) is 0.295. The number of carbonyl (C=O) groups is 2. The largest absolute Gasteiger partial charge is 0.351 e. The van der Waals surface area contributed by atoms with E-state index in [1.807, 2.05) is 0 Å². The Balaban J connectivity index is 2.76. The maximum absolute atomic E-state index is 10.8. The molecule has 0 saturated carbocycles. The third-order valence-corrected chi connectivity index (χ3v) is 2.41. The van der Waals surface area contributed by atoms with Gasteiger partial charge in [-0.2, -0.15) is 0 Å². The zero-order valence-corrected chi connectivity index (χ0v) is 6.89. The van der Waals surface area contributed by atoms with Gasteiger partial charge in [-0.05, 0) is 6.92 Å². The molecule has 1 unspecified atom stereocenters. The molecule has 1 rings (SSSR count). The average Bonchev–Trinajstić information content (AvgIpc) is 1.84.